The number of carbonyl (C=O) groups excluding carboxylic acids is 1. The number of nitrogens with one attached hydrogen (secondary N) is 1. The second-order valence-corrected chi connectivity index (χ2v) is 6.56. The van der Waals surface area contributed by atoms with Crippen LogP contribution in [-0.2, 0) is 15.8 Å². The van der Waals surface area contributed by atoms with Crippen LogP contribution in [0.4, 0.5) is 0 Å². The van der Waals surface area contributed by atoms with Gasteiger partial charge in [-0.25, -0.2) is 8.89 Å². The van der Waals surface area contributed by atoms with Crippen LogP contribution in [-0.4, -0.2) is 19.9 Å². The number of rotatable bonds is 2. The molecule has 114 valence electrons. The van der Waals surface area contributed by atoms with E-state index in [0.29, 0.717) is 10.1 Å². The maximum absolute atomic E-state index is 12.0. The van der Waals surface area contributed by atoms with Crippen LogP contribution in [0.15, 0.2) is 54.7 Å². The maximum atomic E-state index is 12.0. The van der Waals surface area contributed by atoms with Gasteiger partial charge >= 0.3 is 0 Å². The molecule has 0 aliphatic carbocycles. The van der Waals surface area contributed by atoms with E-state index in [-0.39, 0.29) is 5.91 Å². The first-order valence-electron chi connectivity index (χ1n) is 6.81. The third kappa shape index (κ3) is 2.27. The Morgan fingerprint density at radius 1 is 1.09 bits per heavy atom. The summed E-state index contributed by atoms with van der Waals surface area (Å²) in [6.45, 7) is 0. The van der Waals surface area contributed by atoms with Gasteiger partial charge in [0.25, 0.3) is 5.91 Å². The summed E-state index contributed by atoms with van der Waals surface area (Å²) >= 11 is 6.29. The molecule has 5 nitrogen and oxygen atoms in total. The van der Waals surface area contributed by atoms with Gasteiger partial charge in [0.2, 0.25) is 0 Å². The fraction of sp³-hybridized carbons (Fsp3) is 0. The quantitative estimate of drug-likeness (QED) is 0.778. The number of carbonyl (C=O) groups is 1. The lowest BCUT2D eigenvalue weighted by atomic mass is 10.0. The zero-order valence-electron chi connectivity index (χ0n) is 11.7. The molecule has 1 N–H and O–H groups in total. The smallest absolute Gasteiger partial charge is 0.258 e. The minimum Gasteiger partial charge on any atom is -0.269 e. The van der Waals surface area contributed by atoms with Crippen molar-refractivity contribution in [2.24, 2.45) is 0 Å². The molecule has 1 aliphatic heterocycles. The summed E-state index contributed by atoms with van der Waals surface area (Å²) in [5, 5.41) is 6.14. The summed E-state index contributed by atoms with van der Waals surface area (Å²) in [5.41, 5.74) is 2.59. The highest BCUT2D eigenvalue weighted by atomic mass is 35.5. The minimum atomic E-state index is -1.60. The molecule has 1 atom stereocenters. The largest absolute Gasteiger partial charge is 0.269 e. The van der Waals surface area contributed by atoms with Gasteiger partial charge in [0.1, 0.15) is 0 Å². The summed E-state index contributed by atoms with van der Waals surface area (Å²) < 4.78 is 15.8. The monoisotopic (exact) mass is 343 g/mol. The first kappa shape index (κ1) is 14.2. The van der Waals surface area contributed by atoms with E-state index in [1.54, 1.807) is 6.20 Å². The molecule has 7 heteroatoms. The number of hydrogen-bond donors (Lipinski definition) is 1. The SMILES string of the molecule is O=C1C=C(n2ncc3c(-c4ccccc4Cl)cccc32)S(=O)N1. The molecule has 0 fully saturated rings. The van der Waals surface area contributed by atoms with Crippen molar-refractivity contribution in [3.05, 3.63) is 59.8 Å². The lowest BCUT2D eigenvalue weighted by Gasteiger charge is -2.07. The molecule has 1 aromatic heterocycles. The molecule has 0 radical (unpaired) electrons. The van der Waals surface area contributed by atoms with E-state index in [1.807, 2.05) is 42.5 Å². The molecule has 1 unspecified atom stereocenters. The Kier molecular flexibility index (Phi) is 3.28. The Morgan fingerprint density at radius 3 is 2.61 bits per heavy atom. The highest BCUT2D eigenvalue weighted by Gasteiger charge is 2.23. The van der Waals surface area contributed by atoms with Gasteiger partial charge in [-0.05, 0) is 17.7 Å². The van der Waals surface area contributed by atoms with Crippen LogP contribution in [0.3, 0.4) is 0 Å². The fourth-order valence-corrected chi connectivity index (χ4v) is 3.72. The highest BCUT2D eigenvalue weighted by Crippen LogP contribution is 2.34. The van der Waals surface area contributed by atoms with Crippen molar-refractivity contribution in [2.75, 3.05) is 0 Å². The van der Waals surface area contributed by atoms with E-state index in [0.717, 1.165) is 22.0 Å². The van der Waals surface area contributed by atoms with E-state index < -0.39 is 11.0 Å². The van der Waals surface area contributed by atoms with E-state index in [1.165, 1.54) is 10.8 Å². The van der Waals surface area contributed by atoms with Crippen LogP contribution in [0.2, 0.25) is 5.02 Å². The van der Waals surface area contributed by atoms with Gasteiger partial charge in [0.05, 0.1) is 11.7 Å². The summed E-state index contributed by atoms with van der Waals surface area (Å²) in [7, 11) is -1.60. The van der Waals surface area contributed by atoms with Crippen LogP contribution in [0.1, 0.15) is 0 Å². The topological polar surface area (TPSA) is 64.0 Å². The summed E-state index contributed by atoms with van der Waals surface area (Å²) in [6.07, 6.45) is 2.99. The lowest BCUT2D eigenvalue weighted by Crippen LogP contribution is -2.17. The van der Waals surface area contributed by atoms with Crippen LogP contribution >= 0.6 is 11.6 Å². The Labute approximate surface area is 139 Å². The molecular weight excluding hydrogens is 334 g/mol. The number of amides is 1. The maximum Gasteiger partial charge on any atom is 0.258 e. The Bertz CT molecular complexity index is 1010. The molecule has 23 heavy (non-hydrogen) atoms. The Morgan fingerprint density at radius 2 is 1.87 bits per heavy atom. The highest BCUT2D eigenvalue weighted by molar-refractivity contribution is 7.93. The van der Waals surface area contributed by atoms with Crippen LogP contribution < -0.4 is 4.72 Å². The zero-order chi connectivity index (χ0) is 16.0. The summed E-state index contributed by atoms with van der Waals surface area (Å²) in [4.78, 5) is 11.4. The standard InChI is InChI=1S/C16H10ClN3O2S/c17-13-6-2-1-4-11(13)10-5-3-7-14-12(10)9-18-20(14)16-8-15(21)19-23(16)22/h1-9H,(H,19,21). The van der Waals surface area contributed by atoms with Crippen molar-refractivity contribution in [2.45, 2.75) is 0 Å². The minimum absolute atomic E-state index is 0.321. The van der Waals surface area contributed by atoms with Crippen LogP contribution in [0.5, 0.6) is 0 Å². The van der Waals surface area contributed by atoms with Crippen molar-refractivity contribution >= 4 is 44.4 Å². The van der Waals surface area contributed by atoms with Crippen LogP contribution in [0, 0.1) is 0 Å². The van der Waals surface area contributed by atoms with Gasteiger partial charge in [-0.3, -0.25) is 9.52 Å². The second kappa shape index (κ2) is 5.33. The normalized spacial score (nSPS) is 17.3. The predicted octanol–water partition coefficient (Wildman–Crippen LogP) is 2.95. The molecule has 0 bridgehead atoms. The Balaban J connectivity index is 1.95. The number of benzene rings is 2. The van der Waals surface area contributed by atoms with E-state index in [9.17, 15) is 9.00 Å². The van der Waals surface area contributed by atoms with Crippen LogP contribution in [0.25, 0.3) is 27.1 Å². The second-order valence-electron chi connectivity index (χ2n) is 4.99. The van der Waals surface area contributed by atoms with Gasteiger partial charge in [-0.2, -0.15) is 5.10 Å². The molecule has 2 heterocycles. The first-order valence-corrected chi connectivity index (χ1v) is 8.34. The molecule has 0 spiro atoms. The van der Waals surface area contributed by atoms with Gasteiger partial charge in [-0.15, -0.1) is 0 Å². The van der Waals surface area contributed by atoms with Gasteiger partial charge in [-0.1, -0.05) is 41.9 Å². The molecule has 1 aliphatic rings. The first-order chi connectivity index (χ1) is 11.1. The van der Waals surface area contributed by atoms with E-state index >= 15 is 0 Å². The zero-order valence-corrected chi connectivity index (χ0v) is 13.3. The van der Waals surface area contributed by atoms with Crippen molar-refractivity contribution in [3.63, 3.8) is 0 Å². The lowest BCUT2D eigenvalue weighted by molar-refractivity contribution is -0.114. The molecule has 3 aromatic rings. The molecule has 1 amide bonds. The molecule has 0 saturated carbocycles. The van der Waals surface area contributed by atoms with Crippen molar-refractivity contribution < 1.29 is 9.00 Å². The van der Waals surface area contributed by atoms with E-state index in [2.05, 4.69) is 9.82 Å². The number of hydrogen-bond acceptors (Lipinski definition) is 3. The average molecular weight is 344 g/mol. The van der Waals surface area contributed by atoms with Gasteiger partial charge in [0, 0.05) is 22.0 Å². The third-order valence-electron chi connectivity index (χ3n) is 3.62. The summed E-state index contributed by atoms with van der Waals surface area (Å²) in [6, 6.07) is 13.3. The Hall–Kier alpha value is -2.44. The molecule has 4 rings (SSSR count). The number of halogens is 1. The average Bonchev–Trinajstić information content (AvgIpc) is 3.10. The van der Waals surface area contributed by atoms with Crippen molar-refractivity contribution in [1.29, 1.82) is 0 Å². The fourth-order valence-electron chi connectivity index (χ4n) is 2.62. The predicted molar refractivity (Wildman–Crippen MR) is 90.7 cm³/mol. The van der Waals surface area contributed by atoms with Crippen molar-refractivity contribution in [3.8, 4) is 11.1 Å². The van der Waals surface area contributed by atoms with E-state index in [4.69, 9.17) is 11.6 Å². The van der Waals surface area contributed by atoms with Gasteiger partial charge in [0.15, 0.2) is 16.0 Å². The summed E-state index contributed by atoms with van der Waals surface area (Å²) in [5.74, 6) is -0.385. The molecule has 2 aromatic carbocycles. The molecular formula is C16H10ClN3O2S. The third-order valence-corrected chi connectivity index (χ3v) is 5.01. The number of fused-ring (bicyclic) bond motifs is 1. The molecule has 0 saturated heterocycles. The number of nitrogens with zero attached hydrogens (tertiary/aromatic N) is 2. The van der Waals surface area contributed by atoms with Crippen molar-refractivity contribution in [1.82, 2.24) is 14.5 Å². The van der Waals surface area contributed by atoms with Gasteiger partial charge < -0.3 is 0 Å². The number of aromatic nitrogens is 2.